The normalized spacial score (nSPS) is 11.3. The second kappa shape index (κ2) is 6.10. The summed E-state index contributed by atoms with van der Waals surface area (Å²) in [5.74, 6) is 0.988. The number of aromatic nitrogens is 6. The maximum absolute atomic E-state index is 12.4. The Labute approximate surface area is 147 Å². The molecule has 4 aromatic rings. The van der Waals surface area contributed by atoms with Crippen molar-refractivity contribution in [2.24, 2.45) is 14.1 Å². The highest BCUT2D eigenvalue weighted by Gasteiger charge is 2.15. The highest BCUT2D eigenvalue weighted by molar-refractivity contribution is 5.69. The van der Waals surface area contributed by atoms with Crippen LogP contribution >= 0.6 is 0 Å². The Hall–Kier alpha value is -3.49. The zero-order valence-electron chi connectivity index (χ0n) is 14.3. The Morgan fingerprint density at radius 2 is 1.85 bits per heavy atom. The molecule has 0 saturated heterocycles. The van der Waals surface area contributed by atoms with E-state index in [1.807, 2.05) is 30.3 Å². The minimum absolute atomic E-state index is 0.358. The molecule has 0 spiro atoms. The molecule has 4 rings (SSSR count). The number of rotatable bonds is 4. The van der Waals surface area contributed by atoms with E-state index in [0.29, 0.717) is 35.8 Å². The van der Waals surface area contributed by atoms with Crippen molar-refractivity contribution in [1.82, 2.24) is 28.8 Å². The highest BCUT2D eigenvalue weighted by Crippen LogP contribution is 2.16. The van der Waals surface area contributed by atoms with Crippen LogP contribution in [0.15, 0.2) is 50.8 Å². The predicted octanol–water partition coefficient (Wildman–Crippen LogP) is 0.726. The SMILES string of the molecule is Cn1c(=O)c2c(ncn2CCc2noc(-c3ccccc3)n2)n(C)c1=O. The third-order valence-corrected chi connectivity index (χ3v) is 4.28. The summed E-state index contributed by atoms with van der Waals surface area (Å²) in [6.07, 6.45) is 2.01. The van der Waals surface area contributed by atoms with Crippen LogP contribution in [0.1, 0.15) is 5.82 Å². The van der Waals surface area contributed by atoms with Crippen LogP contribution in [0.4, 0.5) is 0 Å². The highest BCUT2D eigenvalue weighted by atomic mass is 16.5. The lowest BCUT2D eigenvalue weighted by Crippen LogP contribution is -2.37. The van der Waals surface area contributed by atoms with E-state index in [1.165, 1.54) is 11.6 Å². The van der Waals surface area contributed by atoms with Crippen molar-refractivity contribution in [3.63, 3.8) is 0 Å². The summed E-state index contributed by atoms with van der Waals surface area (Å²) in [5.41, 5.74) is 0.804. The number of nitrogens with zero attached hydrogens (tertiary/aromatic N) is 6. The maximum Gasteiger partial charge on any atom is 0.332 e. The molecule has 0 aliphatic carbocycles. The average Bonchev–Trinajstić information content (AvgIpc) is 3.31. The standard InChI is InChI=1S/C17H16N6O3/c1-21-14-13(16(24)22(2)17(21)25)23(10-18-14)9-8-12-19-15(26-20-12)11-6-4-3-5-7-11/h3-7,10H,8-9H2,1-2H3. The van der Waals surface area contributed by atoms with Crippen LogP contribution in [-0.2, 0) is 27.1 Å². The molecule has 0 bridgehead atoms. The van der Waals surface area contributed by atoms with Crippen LogP contribution < -0.4 is 11.2 Å². The number of aryl methyl sites for hydroxylation is 3. The molecule has 0 saturated carbocycles. The molecule has 9 nitrogen and oxygen atoms in total. The van der Waals surface area contributed by atoms with Crippen LogP contribution in [-0.4, -0.2) is 28.8 Å². The molecule has 26 heavy (non-hydrogen) atoms. The van der Waals surface area contributed by atoms with Crippen LogP contribution in [0.25, 0.3) is 22.6 Å². The first kappa shape index (κ1) is 16.0. The van der Waals surface area contributed by atoms with Crippen LogP contribution in [0.3, 0.4) is 0 Å². The number of benzene rings is 1. The molecule has 0 atom stereocenters. The summed E-state index contributed by atoms with van der Waals surface area (Å²) in [6, 6.07) is 9.50. The van der Waals surface area contributed by atoms with Crippen LogP contribution in [0.5, 0.6) is 0 Å². The zero-order valence-corrected chi connectivity index (χ0v) is 14.3. The summed E-state index contributed by atoms with van der Waals surface area (Å²) in [7, 11) is 3.04. The van der Waals surface area contributed by atoms with E-state index >= 15 is 0 Å². The van der Waals surface area contributed by atoms with Crippen LogP contribution in [0, 0.1) is 0 Å². The van der Waals surface area contributed by atoms with Crippen molar-refractivity contribution in [2.45, 2.75) is 13.0 Å². The lowest BCUT2D eigenvalue weighted by molar-refractivity contribution is 0.420. The van der Waals surface area contributed by atoms with Crippen molar-refractivity contribution in [3.05, 3.63) is 63.3 Å². The average molecular weight is 352 g/mol. The summed E-state index contributed by atoms with van der Waals surface area (Å²) in [4.78, 5) is 33.0. The van der Waals surface area contributed by atoms with Gasteiger partial charge < -0.3 is 9.09 Å². The summed E-state index contributed by atoms with van der Waals surface area (Å²) in [5, 5.41) is 3.99. The first-order valence-electron chi connectivity index (χ1n) is 8.05. The van der Waals surface area contributed by atoms with E-state index in [4.69, 9.17) is 4.52 Å². The van der Waals surface area contributed by atoms with Gasteiger partial charge in [-0.05, 0) is 12.1 Å². The molecule has 0 amide bonds. The van der Waals surface area contributed by atoms with Gasteiger partial charge in [0.2, 0.25) is 0 Å². The zero-order chi connectivity index (χ0) is 18.3. The summed E-state index contributed by atoms with van der Waals surface area (Å²) >= 11 is 0. The van der Waals surface area contributed by atoms with Crippen molar-refractivity contribution in [3.8, 4) is 11.5 Å². The molecule has 0 aliphatic heterocycles. The van der Waals surface area contributed by atoms with Crippen molar-refractivity contribution >= 4 is 11.2 Å². The number of fused-ring (bicyclic) bond motifs is 1. The molecule has 9 heteroatoms. The Bertz CT molecular complexity index is 1200. The van der Waals surface area contributed by atoms with Gasteiger partial charge in [-0.25, -0.2) is 9.78 Å². The molecule has 3 heterocycles. The largest absolute Gasteiger partial charge is 0.334 e. The number of imidazole rings is 1. The van der Waals surface area contributed by atoms with Gasteiger partial charge in [0, 0.05) is 32.6 Å². The van der Waals surface area contributed by atoms with Crippen molar-refractivity contribution in [1.29, 1.82) is 0 Å². The topological polar surface area (TPSA) is 101 Å². The fourth-order valence-electron chi connectivity index (χ4n) is 2.84. The number of hydrogen-bond acceptors (Lipinski definition) is 6. The smallest absolute Gasteiger partial charge is 0.332 e. The molecule has 0 unspecified atom stereocenters. The molecular formula is C17H16N6O3. The Morgan fingerprint density at radius 1 is 1.08 bits per heavy atom. The van der Waals surface area contributed by atoms with Gasteiger partial charge in [0.05, 0.1) is 6.33 Å². The monoisotopic (exact) mass is 352 g/mol. The third-order valence-electron chi connectivity index (χ3n) is 4.28. The van der Waals surface area contributed by atoms with Crippen LogP contribution in [0.2, 0.25) is 0 Å². The van der Waals surface area contributed by atoms with Crippen molar-refractivity contribution in [2.75, 3.05) is 0 Å². The first-order valence-corrected chi connectivity index (χ1v) is 8.05. The van der Waals surface area contributed by atoms with E-state index < -0.39 is 5.69 Å². The van der Waals surface area contributed by atoms with E-state index in [9.17, 15) is 9.59 Å². The van der Waals surface area contributed by atoms with Gasteiger partial charge >= 0.3 is 5.69 Å². The van der Waals surface area contributed by atoms with Gasteiger partial charge in [-0.15, -0.1) is 0 Å². The summed E-state index contributed by atoms with van der Waals surface area (Å²) < 4.78 is 9.42. The summed E-state index contributed by atoms with van der Waals surface area (Å²) in [6.45, 7) is 0.442. The fraction of sp³-hybridized carbons (Fsp3) is 0.235. The minimum Gasteiger partial charge on any atom is -0.334 e. The molecule has 0 N–H and O–H groups in total. The third kappa shape index (κ3) is 2.53. The predicted molar refractivity (Wildman–Crippen MR) is 93.7 cm³/mol. The van der Waals surface area contributed by atoms with Gasteiger partial charge in [-0.2, -0.15) is 4.98 Å². The van der Waals surface area contributed by atoms with Gasteiger partial charge in [0.25, 0.3) is 11.4 Å². The van der Waals surface area contributed by atoms with Gasteiger partial charge in [-0.3, -0.25) is 13.9 Å². The van der Waals surface area contributed by atoms with Crippen molar-refractivity contribution < 1.29 is 4.52 Å². The van der Waals surface area contributed by atoms with E-state index in [1.54, 1.807) is 17.9 Å². The Morgan fingerprint density at radius 3 is 2.62 bits per heavy atom. The van der Waals surface area contributed by atoms with E-state index in [0.717, 1.165) is 10.1 Å². The molecule has 0 fully saturated rings. The van der Waals surface area contributed by atoms with Gasteiger partial charge in [-0.1, -0.05) is 23.4 Å². The quantitative estimate of drug-likeness (QED) is 0.537. The first-order chi connectivity index (χ1) is 12.6. The molecule has 3 aromatic heterocycles. The Kier molecular flexibility index (Phi) is 3.76. The second-order valence-electron chi connectivity index (χ2n) is 5.95. The molecular weight excluding hydrogens is 336 g/mol. The maximum atomic E-state index is 12.4. The molecule has 0 radical (unpaired) electrons. The second-order valence-corrected chi connectivity index (χ2v) is 5.95. The minimum atomic E-state index is -0.404. The van der Waals surface area contributed by atoms with E-state index in [-0.39, 0.29) is 5.56 Å². The molecule has 1 aromatic carbocycles. The lowest BCUT2D eigenvalue weighted by atomic mass is 10.2. The lowest BCUT2D eigenvalue weighted by Gasteiger charge is -2.05. The van der Waals surface area contributed by atoms with Gasteiger partial charge in [0.15, 0.2) is 17.0 Å². The Balaban J connectivity index is 1.63. The van der Waals surface area contributed by atoms with E-state index in [2.05, 4.69) is 15.1 Å². The van der Waals surface area contributed by atoms with Gasteiger partial charge in [0.1, 0.15) is 0 Å². The fourth-order valence-corrected chi connectivity index (χ4v) is 2.84. The molecule has 0 aliphatic rings. The number of hydrogen-bond donors (Lipinski definition) is 0. The molecule has 132 valence electrons.